The number of carbonyl (C=O) groups excluding carboxylic acids is 1. The molecule has 226 valence electrons. The Morgan fingerprint density at radius 3 is 2.59 bits per heavy atom. The normalized spacial score (nSPS) is 21.2. The van der Waals surface area contributed by atoms with Gasteiger partial charge in [0, 0.05) is 48.7 Å². The number of nitrogens with two attached hydrogens (primary N) is 1. The Kier molecular flexibility index (Phi) is 6.00. The second-order valence-corrected chi connectivity index (χ2v) is 12.4. The summed E-state index contributed by atoms with van der Waals surface area (Å²) in [4.78, 5) is 25.4. The van der Waals surface area contributed by atoms with Gasteiger partial charge in [0.1, 0.15) is 16.9 Å². The highest BCUT2D eigenvalue weighted by atomic mass is 19.2. The number of pyridine rings is 1. The van der Waals surface area contributed by atoms with E-state index in [-0.39, 0.29) is 29.2 Å². The number of phenolic OH excluding ortho intramolecular Hbond substituents is 1. The Morgan fingerprint density at radius 2 is 1.89 bits per heavy atom. The zero-order valence-electron chi connectivity index (χ0n) is 24.4. The first kappa shape index (κ1) is 27.1. The molecule has 11 heteroatoms. The molecule has 2 aliphatic carbocycles. The van der Waals surface area contributed by atoms with E-state index in [0.717, 1.165) is 48.3 Å². The third-order valence-corrected chi connectivity index (χ3v) is 9.76. The van der Waals surface area contributed by atoms with Crippen molar-refractivity contribution in [3.8, 4) is 34.3 Å². The topological polar surface area (TPSA) is 111 Å². The summed E-state index contributed by atoms with van der Waals surface area (Å²) in [7, 11) is 3.50. The van der Waals surface area contributed by atoms with Crippen LogP contribution < -0.4 is 10.5 Å². The van der Waals surface area contributed by atoms with Gasteiger partial charge in [-0.05, 0) is 80.0 Å². The fourth-order valence-electron chi connectivity index (χ4n) is 7.21. The van der Waals surface area contributed by atoms with Gasteiger partial charge in [-0.25, -0.2) is 14.4 Å². The summed E-state index contributed by atoms with van der Waals surface area (Å²) in [5.74, 6) is -1.19. The van der Waals surface area contributed by atoms with E-state index in [9.17, 15) is 18.7 Å². The lowest BCUT2D eigenvalue weighted by atomic mass is 10.1. The highest BCUT2D eigenvalue weighted by Gasteiger charge is 2.47. The number of likely N-dealkylation sites (tertiary alicyclic amines) is 1. The minimum atomic E-state index is -1.30. The highest BCUT2D eigenvalue weighted by molar-refractivity contribution is 6.00. The molecule has 2 bridgehead atoms. The van der Waals surface area contributed by atoms with Crippen molar-refractivity contribution in [1.29, 1.82) is 0 Å². The molecule has 2 saturated carbocycles. The molecular weight excluding hydrogens is 566 g/mol. The molecule has 3 aromatic heterocycles. The van der Waals surface area contributed by atoms with Crippen LogP contribution in [0, 0.1) is 23.5 Å². The number of methoxy groups -OCH3 is 1. The summed E-state index contributed by atoms with van der Waals surface area (Å²) < 4.78 is 38.8. The number of aromatic nitrogens is 4. The van der Waals surface area contributed by atoms with Crippen LogP contribution in [-0.2, 0) is 13.6 Å². The summed E-state index contributed by atoms with van der Waals surface area (Å²) >= 11 is 0. The second-order valence-electron chi connectivity index (χ2n) is 12.4. The van der Waals surface area contributed by atoms with E-state index in [1.807, 2.05) is 34.7 Å². The van der Waals surface area contributed by atoms with E-state index in [4.69, 9.17) is 20.4 Å². The molecule has 3 aliphatic rings. The van der Waals surface area contributed by atoms with Gasteiger partial charge in [-0.2, -0.15) is 4.39 Å². The molecule has 1 aliphatic heterocycles. The van der Waals surface area contributed by atoms with Crippen molar-refractivity contribution in [3.63, 3.8) is 0 Å². The smallest absolute Gasteiger partial charge is 0.254 e. The van der Waals surface area contributed by atoms with Crippen LogP contribution in [0.1, 0.15) is 36.0 Å². The first-order chi connectivity index (χ1) is 21.2. The summed E-state index contributed by atoms with van der Waals surface area (Å²) in [6.07, 6.45) is 4.19. The Labute approximate surface area is 251 Å². The Bertz CT molecular complexity index is 2000. The van der Waals surface area contributed by atoms with Crippen molar-refractivity contribution >= 4 is 28.0 Å². The minimum Gasteiger partial charge on any atom is -0.505 e. The van der Waals surface area contributed by atoms with Crippen LogP contribution in [-0.4, -0.2) is 60.8 Å². The third kappa shape index (κ3) is 4.02. The quantitative estimate of drug-likeness (QED) is 0.277. The molecule has 9 nitrogen and oxygen atoms in total. The summed E-state index contributed by atoms with van der Waals surface area (Å²) in [5, 5.41) is 10.4. The van der Waals surface area contributed by atoms with Crippen molar-refractivity contribution in [1.82, 2.24) is 24.0 Å². The number of imidazole rings is 1. The highest BCUT2D eigenvalue weighted by Crippen LogP contribution is 2.40. The van der Waals surface area contributed by atoms with E-state index in [0.29, 0.717) is 53.2 Å². The second kappa shape index (κ2) is 9.75. The number of amides is 1. The largest absolute Gasteiger partial charge is 0.505 e. The maximum atomic E-state index is 14.8. The number of carbonyl (C=O) groups is 1. The number of piperidine rings is 1. The first-order valence-electron chi connectivity index (χ1n) is 15.0. The van der Waals surface area contributed by atoms with Crippen molar-refractivity contribution < 1.29 is 23.4 Å². The van der Waals surface area contributed by atoms with Crippen LogP contribution in [0.4, 0.5) is 8.78 Å². The molecule has 3 fully saturated rings. The van der Waals surface area contributed by atoms with Crippen LogP contribution >= 0.6 is 0 Å². The number of hydrogen-bond donors (Lipinski definition) is 2. The third-order valence-electron chi connectivity index (χ3n) is 9.76. The molecule has 2 unspecified atom stereocenters. The standard InChI is InChI=1S/C33H32F2N6O3/c1-39-30-22(11-19(13-26(30)44-2)33(43)41-15-18-6-9-23(41)29(18)36)38-32(39)24-12-17-5-8-21(20-7-10-25(42)28(35)27(20)34)37-31(17)40(24)14-16-3-4-16/h5,7-8,10-13,16,18,23,29,42H,3-4,6,9,14-15,36H2,1-2H3/t18?,23?,29-/m1/s1. The van der Waals surface area contributed by atoms with E-state index in [2.05, 4.69) is 4.57 Å². The molecule has 2 aromatic carbocycles. The molecule has 44 heavy (non-hydrogen) atoms. The number of aryl methyl sites for hydroxylation is 1. The van der Waals surface area contributed by atoms with Crippen LogP contribution in [0.2, 0.25) is 0 Å². The van der Waals surface area contributed by atoms with E-state index in [1.54, 1.807) is 19.2 Å². The number of halogens is 2. The monoisotopic (exact) mass is 598 g/mol. The lowest BCUT2D eigenvalue weighted by molar-refractivity contribution is 0.0700. The number of aromatic hydroxyl groups is 1. The minimum absolute atomic E-state index is 0.0260. The molecule has 4 heterocycles. The molecule has 3 N–H and O–H groups in total. The summed E-state index contributed by atoms with van der Waals surface area (Å²) in [6.45, 7) is 1.37. The van der Waals surface area contributed by atoms with Crippen LogP contribution in [0.5, 0.6) is 11.5 Å². The average Bonchev–Trinajstić information content (AvgIpc) is 3.43. The molecular formula is C33H32F2N6O3. The van der Waals surface area contributed by atoms with Gasteiger partial charge in [0.15, 0.2) is 17.4 Å². The molecule has 0 spiro atoms. The van der Waals surface area contributed by atoms with Crippen molar-refractivity contribution in [2.45, 2.75) is 44.3 Å². The number of nitrogens with zero attached hydrogens (tertiary/aromatic N) is 5. The van der Waals surface area contributed by atoms with Crippen LogP contribution in [0.15, 0.2) is 42.5 Å². The number of benzene rings is 2. The first-order valence-corrected chi connectivity index (χ1v) is 15.0. The van der Waals surface area contributed by atoms with E-state index >= 15 is 0 Å². The Hall–Kier alpha value is -4.51. The summed E-state index contributed by atoms with van der Waals surface area (Å²) in [5.41, 5.74) is 10.00. The van der Waals surface area contributed by atoms with Crippen molar-refractivity contribution in [3.05, 3.63) is 59.7 Å². The maximum Gasteiger partial charge on any atom is 0.254 e. The molecule has 1 amide bonds. The molecule has 3 atom stereocenters. The molecule has 1 saturated heterocycles. The predicted molar refractivity (Wildman–Crippen MR) is 161 cm³/mol. The van der Waals surface area contributed by atoms with Gasteiger partial charge in [0.05, 0.1) is 24.0 Å². The lowest BCUT2D eigenvalue weighted by Gasteiger charge is -2.27. The van der Waals surface area contributed by atoms with Gasteiger partial charge in [-0.1, -0.05) is 0 Å². The number of rotatable bonds is 6. The zero-order chi connectivity index (χ0) is 30.4. The van der Waals surface area contributed by atoms with Gasteiger partial charge < -0.3 is 29.6 Å². The van der Waals surface area contributed by atoms with E-state index in [1.165, 1.54) is 6.07 Å². The SMILES string of the molecule is COc1cc(C(=O)N2CC3CCC2[C@@H]3N)cc2nc(-c3cc4ccc(-c5ccc(O)c(F)c5F)nc4n3CC3CC3)n(C)c12. The number of phenols is 1. The van der Waals surface area contributed by atoms with Crippen LogP contribution in [0.25, 0.3) is 44.8 Å². The van der Waals surface area contributed by atoms with Crippen molar-refractivity contribution in [2.75, 3.05) is 13.7 Å². The van der Waals surface area contributed by atoms with E-state index < -0.39 is 17.4 Å². The van der Waals surface area contributed by atoms with Gasteiger partial charge in [0.25, 0.3) is 5.91 Å². The number of hydrogen-bond acceptors (Lipinski definition) is 6. The van der Waals surface area contributed by atoms with Crippen molar-refractivity contribution in [2.24, 2.45) is 24.6 Å². The summed E-state index contributed by atoms with van der Waals surface area (Å²) in [6, 6.07) is 11.6. The fourth-order valence-corrected chi connectivity index (χ4v) is 7.21. The van der Waals surface area contributed by atoms with Gasteiger partial charge >= 0.3 is 0 Å². The molecule has 0 radical (unpaired) electrons. The zero-order valence-corrected chi connectivity index (χ0v) is 24.4. The number of ether oxygens (including phenoxy) is 1. The molecule has 5 aromatic rings. The number of fused-ring (bicyclic) bond motifs is 4. The predicted octanol–water partition coefficient (Wildman–Crippen LogP) is 5.22. The van der Waals surface area contributed by atoms with Crippen LogP contribution in [0.3, 0.4) is 0 Å². The maximum absolute atomic E-state index is 14.8. The fraction of sp³-hybridized carbons (Fsp3) is 0.364. The Morgan fingerprint density at radius 1 is 1.07 bits per heavy atom. The Balaban J connectivity index is 1.25. The van der Waals surface area contributed by atoms with Gasteiger partial charge in [-0.3, -0.25) is 4.79 Å². The van der Waals surface area contributed by atoms with Gasteiger partial charge in [-0.15, -0.1) is 0 Å². The lowest BCUT2D eigenvalue weighted by Crippen LogP contribution is -2.41. The van der Waals surface area contributed by atoms with Gasteiger partial charge in [0.2, 0.25) is 5.82 Å². The molecule has 8 rings (SSSR count). The average molecular weight is 599 g/mol.